The topological polar surface area (TPSA) is 127 Å². The van der Waals surface area contributed by atoms with Gasteiger partial charge < -0.3 is 15.9 Å². The Balaban J connectivity index is 2.52. The molecule has 0 unspecified atom stereocenters. The van der Waals surface area contributed by atoms with E-state index < -0.39 is 18.2 Å². The molecule has 9 nitrogen and oxygen atoms in total. The fourth-order valence-corrected chi connectivity index (χ4v) is 3.34. The number of carboxylic acid groups (broad SMARTS) is 2. The largest absolute Gasteiger partial charge is 0.465 e. The Kier molecular flexibility index (Phi) is 6.89. The average molecular weight is 414 g/mol. The van der Waals surface area contributed by atoms with E-state index in [9.17, 15) is 24.6 Å². The standard InChI is InChI=1S/C21H26N4O5/c1-5-23(20(27)28)15-7-9-17(13(3)11-15)25(19(22)26)18-10-8-16(12-14(18)4)24(6-2)21(29)30/h7-12H,5-6H2,1-4H3,(H2,22,26)(H,27,28)(H,29,30). The Hall–Kier alpha value is -3.75. The van der Waals surface area contributed by atoms with E-state index in [-0.39, 0.29) is 13.1 Å². The van der Waals surface area contributed by atoms with E-state index >= 15 is 0 Å². The summed E-state index contributed by atoms with van der Waals surface area (Å²) >= 11 is 0. The summed E-state index contributed by atoms with van der Waals surface area (Å²) in [7, 11) is 0. The molecule has 0 bridgehead atoms. The predicted octanol–water partition coefficient (Wildman–Crippen LogP) is 4.53. The Morgan fingerprint density at radius 2 is 1.17 bits per heavy atom. The molecule has 2 rings (SSSR count). The monoisotopic (exact) mass is 414 g/mol. The summed E-state index contributed by atoms with van der Waals surface area (Å²) in [4.78, 5) is 38.8. The van der Waals surface area contributed by atoms with Gasteiger partial charge in [-0.15, -0.1) is 0 Å². The van der Waals surface area contributed by atoms with E-state index in [0.29, 0.717) is 33.9 Å². The summed E-state index contributed by atoms with van der Waals surface area (Å²) < 4.78 is 0. The van der Waals surface area contributed by atoms with Gasteiger partial charge in [-0.25, -0.2) is 14.4 Å². The summed E-state index contributed by atoms with van der Waals surface area (Å²) in [5.41, 5.74) is 8.98. The molecular formula is C21H26N4O5. The van der Waals surface area contributed by atoms with Gasteiger partial charge in [-0.1, -0.05) is 0 Å². The highest BCUT2D eigenvalue weighted by molar-refractivity contribution is 6.01. The first-order valence-corrected chi connectivity index (χ1v) is 9.44. The maximum Gasteiger partial charge on any atom is 0.411 e. The van der Waals surface area contributed by atoms with Gasteiger partial charge in [0.05, 0.1) is 11.4 Å². The van der Waals surface area contributed by atoms with Crippen LogP contribution in [0.5, 0.6) is 0 Å². The molecule has 0 aromatic heterocycles. The molecule has 30 heavy (non-hydrogen) atoms. The number of urea groups is 1. The van der Waals surface area contributed by atoms with Crippen molar-refractivity contribution in [3.8, 4) is 0 Å². The molecule has 4 N–H and O–H groups in total. The first-order valence-electron chi connectivity index (χ1n) is 9.44. The third kappa shape index (κ3) is 4.45. The molecule has 0 saturated heterocycles. The number of carbonyl (C=O) groups excluding carboxylic acids is 1. The average Bonchev–Trinajstić information content (AvgIpc) is 2.65. The Bertz CT molecular complexity index is 904. The number of nitrogens with zero attached hydrogens (tertiary/aromatic N) is 3. The second kappa shape index (κ2) is 9.17. The Labute approximate surface area is 174 Å². The van der Waals surface area contributed by atoms with Gasteiger partial charge in [0.25, 0.3) is 0 Å². The van der Waals surface area contributed by atoms with Crippen LogP contribution in [0.1, 0.15) is 25.0 Å². The molecule has 0 aliphatic carbocycles. The fraction of sp³-hybridized carbons (Fsp3) is 0.286. The van der Waals surface area contributed by atoms with E-state index in [1.54, 1.807) is 64.1 Å². The second-order valence-corrected chi connectivity index (χ2v) is 6.67. The quantitative estimate of drug-likeness (QED) is 0.640. The molecule has 0 atom stereocenters. The number of hydrogen-bond donors (Lipinski definition) is 3. The van der Waals surface area contributed by atoms with Crippen molar-refractivity contribution in [3.63, 3.8) is 0 Å². The summed E-state index contributed by atoms with van der Waals surface area (Å²) in [5.74, 6) is 0. The van der Waals surface area contributed by atoms with Crippen molar-refractivity contribution < 1.29 is 24.6 Å². The van der Waals surface area contributed by atoms with Crippen molar-refractivity contribution >= 4 is 41.0 Å². The number of aryl methyl sites for hydroxylation is 2. The minimum atomic E-state index is -1.07. The van der Waals surface area contributed by atoms with Gasteiger partial charge in [-0.05, 0) is 75.2 Å². The first-order chi connectivity index (χ1) is 14.1. The number of benzene rings is 2. The molecule has 0 heterocycles. The molecule has 0 fully saturated rings. The third-order valence-corrected chi connectivity index (χ3v) is 4.78. The molecule has 2 aromatic carbocycles. The van der Waals surface area contributed by atoms with Crippen LogP contribution in [0.15, 0.2) is 36.4 Å². The van der Waals surface area contributed by atoms with E-state index in [4.69, 9.17) is 5.73 Å². The van der Waals surface area contributed by atoms with Crippen molar-refractivity contribution in [3.05, 3.63) is 47.5 Å². The van der Waals surface area contributed by atoms with E-state index in [0.717, 1.165) is 0 Å². The highest BCUT2D eigenvalue weighted by atomic mass is 16.4. The number of nitrogens with two attached hydrogens (primary N) is 1. The lowest BCUT2D eigenvalue weighted by Crippen LogP contribution is -2.33. The number of anilines is 4. The van der Waals surface area contributed by atoms with Gasteiger partial charge in [0.2, 0.25) is 0 Å². The molecule has 0 radical (unpaired) electrons. The van der Waals surface area contributed by atoms with E-state index in [1.807, 2.05) is 0 Å². The lowest BCUT2D eigenvalue weighted by atomic mass is 10.1. The van der Waals surface area contributed by atoms with Gasteiger partial charge in [0.1, 0.15) is 0 Å². The predicted molar refractivity (Wildman–Crippen MR) is 116 cm³/mol. The molecule has 2 aromatic rings. The minimum Gasteiger partial charge on any atom is -0.465 e. The van der Waals surface area contributed by atoms with Crippen LogP contribution in [0.25, 0.3) is 0 Å². The van der Waals surface area contributed by atoms with Gasteiger partial charge in [0, 0.05) is 24.5 Å². The Morgan fingerprint density at radius 3 is 1.40 bits per heavy atom. The molecule has 0 spiro atoms. The van der Waals surface area contributed by atoms with Gasteiger partial charge in [-0.2, -0.15) is 0 Å². The minimum absolute atomic E-state index is 0.283. The lowest BCUT2D eigenvalue weighted by Gasteiger charge is -2.27. The number of amides is 4. The van der Waals surface area contributed by atoms with Crippen molar-refractivity contribution in [2.45, 2.75) is 27.7 Å². The van der Waals surface area contributed by atoms with Gasteiger partial charge in [-0.3, -0.25) is 14.7 Å². The first kappa shape index (κ1) is 22.5. The van der Waals surface area contributed by atoms with Crippen LogP contribution in [0.2, 0.25) is 0 Å². The van der Waals surface area contributed by atoms with Crippen LogP contribution < -0.4 is 20.4 Å². The van der Waals surface area contributed by atoms with Crippen molar-refractivity contribution in [2.75, 3.05) is 27.8 Å². The second-order valence-electron chi connectivity index (χ2n) is 6.67. The molecular weight excluding hydrogens is 388 g/mol. The van der Waals surface area contributed by atoms with Crippen LogP contribution in [-0.2, 0) is 0 Å². The van der Waals surface area contributed by atoms with Crippen molar-refractivity contribution in [2.24, 2.45) is 5.73 Å². The van der Waals surface area contributed by atoms with E-state index in [2.05, 4.69) is 0 Å². The van der Waals surface area contributed by atoms with Crippen molar-refractivity contribution in [1.29, 1.82) is 0 Å². The number of carbonyl (C=O) groups is 3. The zero-order valence-corrected chi connectivity index (χ0v) is 17.4. The summed E-state index contributed by atoms with van der Waals surface area (Å²) in [6.07, 6.45) is -2.14. The highest BCUT2D eigenvalue weighted by Gasteiger charge is 2.22. The van der Waals surface area contributed by atoms with Crippen LogP contribution in [-0.4, -0.2) is 41.5 Å². The molecule has 0 saturated carbocycles. The number of primary amides is 1. The third-order valence-electron chi connectivity index (χ3n) is 4.78. The molecule has 0 aliphatic rings. The van der Waals surface area contributed by atoms with Crippen LogP contribution in [0.3, 0.4) is 0 Å². The van der Waals surface area contributed by atoms with Crippen LogP contribution in [0, 0.1) is 13.8 Å². The molecule has 160 valence electrons. The van der Waals surface area contributed by atoms with Crippen LogP contribution >= 0.6 is 0 Å². The summed E-state index contributed by atoms with van der Waals surface area (Å²) in [6.45, 7) is 7.55. The molecule has 4 amide bonds. The Morgan fingerprint density at radius 1 is 0.800 bits per heavy atom. The van der Waals surface area contributed by atoms with Crippen LogP contribution in [0.4, 0.5) is 37.1 Å². The SMILES string of the molecule is CCN(C(=O)O)c1ccc(N(C(N)=O)c2ccc(N(CC)C(=O)O)cc2C)c(C)c1. The van der Waals surface area contributed by atoms with Gasteiger partial charge >= 0.3 is 18.2 Å². The smallest absolute Gasteiger partial charge is 0.411 e. The summed E-state index contributed by atoms with van der Waals surface area (Å²) in [6, 6.07) is 9.16. The molecule has 9 heteroatoms. The lowest BCUT2D eigenvalue weighted by molar-refractivity contribution is 0.201. The van der Waals surface area contributed by atoms with Crippen molar-refractivity contribution in [1.82, 2.24) is 0 Å². The zero-order valence-electron chi connectivity index (χ0n) is 17.4. The van der Waals surface area contributed by atoms with E-state index in [1.165, 1.54) is 14.7 Å². The number of hydrogen-bond acceptors (Lipinski definition) is 3. The number of rotatable bonds is 6. The maximum absolute atomic E-state index is 12.3. The maximum atomic E-state index is 12.3. The zero-order chi connectivity index (χ0) is 22.6. The molecule has 0 aliphatic heterocycles. The normalized spacial score (nSPS) is 10.4. The van der Waals surface area contributed by atoms with Gasteiger partial charge in [0.15, 0.2) is 0 Å². The fourth-order valence-electron chi connectivity index (χ4n) is 3.34. The summed E-state index contributed by atoms with van der Waals surface area (Å²) in [5, 5.41) is 18.6. The highest BCUT2D eigenvalue weighted by Crippen LogP contribution is 2.34.